The highest BCUT2D eigenvalue weighted by molar-refractivity contribution is 7.13. The van der Waals surface area contributed by atoms with E-state index in [0.717, 1.165) is 54.2 Å². The highest BCUT2D eigenvalue weighted by Crippen LogP contribution is 2.28. The number of carbonyl (C=O) groups excluding carboxylic acids is 2. The second-order valence-corrected chi connectivity index (χ2v) is 10.1. The van der Waals surface area contributed by atoms with Gasteiger partial charge >= 0.3 is 0 Å². The third-order valence-corrected chi connectivity index (χ3v) is 7.41. The van der Waals surface area contributed by atoms with Gasteiger partial charge in [0.25, 0.3) is 5.91 Å². The van der Waals surface area contributed by atoms with Gasteiger partial charge in [-0.25, -0.2) is 0 Å². The first-order valence-electron chi connectivity index (χ1n) is 12.1. The van der Waals surface area contributed by atoms with Gasteiger partial charge in [0.15, 0.2) is 0 Å². The van der Waals surface area contributed by atoms with E-state index in [1.807, 2.05) is 76.9 Å². The predicted molar refractivity (Wildman–Crippen MR) is 143 cm³/mol. The van der Waals surface area contributed by atoms with Gasteiger partial charge in [-0.2, -0.15) is 5.10 Å². The Hall–Kier alpha value is -3.75. The molecule has 3 heterocycles. The molecule has 184 valence electrons. The van der Waals surface area contributed by atoms with Crippen molar-refractivity contribution < 1.29 is 9.59 Å². The number of thiophene rings is 1. The van der Waals surface area contributed by atoms with Gasteiger partial charge in [-0.3, -0.25) is 19.2 Å². The maximum absolute atomic E-state index is 13.4. The number of piperidine rings is 1. The molecule has 2 aromatic heterocycles. The first-order valence-corrected chi connectivity index (χ1v) is 13.0. The molecule has 0 bridgehead atoms. The fraction of sp³-hybridized carbons (Fsp3) is 0.250. The van der Waals surface area contributed by atoms with Crippen LogP contribution in [0.25, 0.3) is 10.6 Å². The average Bonchev–Trinajstić information content (AvgIpc) is 3.55. The van der Waals surface area contributed by atoms with Gasteiger partial charge in [-0.1, -0.05) is 48.5 Å². The molecule has 1 aliphatic rings. The third kappa shape index (κ3) is 5.72. The van der Waals surface area contributed by atoms with Crippen molar-refractivity contribution >= 4 is 28.8 Å². The van der Waals surface area contributed by atoms with Crippen molar-refractivity contribution in [3.8, 4) is 10.6 Å². The number of rotatable bonds is 8. The molecule has 0 atom stereocenters. The maximum Gasteiger partial charge on any atom is 0.259 e. The number of anilines is 1. The molecule has 2 amide bonds. The highest BCUT2D eigenvalue weighted by Gasteiger charge is 2.23. The summed E-state index contributed by atoms with van der Waals surface area (Å²) in [6.45, 7) is 3.04. The number of primary amides is 1. The number of likely N-dealkylation sites (tertiary alicyclic amines) is 1. The number of carbonyl (C=O) groups is 2. The van der Waals surface area contributed by atoms with Gasteiger partial charge in [0.1, 0.15) is 5.69 Å². The Kier molecular flexibility index (Phi) is 7.25. The van der Waals surface area contributed by atoms with Gasteiger partial charge in [0.2, 0.25) is 5.91 Å². The lowest BCUT2D eigenvalue weighted by molar-refractivity contribution is -0.123. The molecule has 8 heteroatoms. The summed E-state index contributed by atoms with van der Waals surface area (Å²) >= 11 is 1.57. The van der Waals surface area contributed by atoms with Crippen LogP contribution in [-0.2, 0) is 17.9 Å². The number of aromatic nitrogens is 2. The molecule has 36 heavy (non-hydrogen) atoms. The molecule has 0 saturated carbocycles. The lowest BCUT2D eigenvalue weighted by Gasteiger charge is -2.30. The summed E-state index contributed by atoms with van der Waals surface area (Å²) < 4.78 is 1.82. The number of benzene rings is 2. The van der Waals surface area contributed by atoms with Gasteiger partial charge in [0, 0.05) is 24.3 Å². The van der Waals surface area contributed by atoms with Crippen LogP contribution >= 0.6 is 11.3 Å². The van der Waals surface area contributed by atoms with Gasteiger partial charge in [-0.05, 0) is 60.6 Å². The largest absolute Gasteiger partial charge is 0.369 e. The number of hydrogen-bond acceptors (Lipinski definition) is 5. The molecule has 2 aromatic carbocycles. The molecule has 1 saturated heterocycles. The van der Waals surface area contributed by atoms with Crippen LogP contribution < -0.4 is 11.1 Å². The fourth-order valence-electron chi connectivity index (χ4n) is 4.61. The molecule has 0 aliphatic carbocycles. The minimum atomic E-state index is -0.201. The Morgan fingerprint density at radius 2 is 1.75 bits per heavy atom. The van der Waals surface area contributed by atoms with E-state index < -0.39 is 0 Å². The SMILES string of the molecule is NC(=O)C1CCN(Cc2cccc(NC(=O)c3cn(Cc4ccccc4)nc3-c3cccs3)c2)CC1. The average molecular weight is 500 g/mol. The fourth-order valence-corrected chi connectivity index (χ4v) is 5.34. The molecule has 0 unspecified atom stereocenters. The number of amides is 2. The van der Waals surface area contributed by atoms with Crippen molar-refractivity contribution in [3.05, 3.63) is 95.0 Å². The summed E-state index contributed by atoms with van der Waals surface area (Å²) in [5.74, 6) is -0.405. The van der Waals surface area contributed by atoms with Crippen molar-refractivity contribution in [2.24, 2.45) is 11.7 Å². The maximum atomic E-state index is 13.4. The quantitative estimate of drug-likeness (QED) is 0.370. The summed E-state index contributed by atoms with van der Waals surface area (Å²) in [6.07, 6.45) is 3.42. The van der Waals surface area contributed by atoms with Crippen LogP contribution in [0, 0.1) is 5.92 Å². The molecular formula is C28H29N5O2S. The zero-order valence-electron chi connectivity index (χ0n) is 20.0. The monoisotopic (exact) mass is 499 g/mol. The van der Waals surface area contributed by atoms with Crippen LogP contribution in [0.4, 0.5) is 5.69 Å². The van der Waals surface area contributed by atoms with E-state index in [9.17, 15) is 9.59 Å². The summed E-state index contributed by atoms with van der Waals surface area (Å²) in [7, 11) is 0. The normalized spacial score (nSPS) is 14.6. The molecule has 1 fully saturated rings. The highest BCUT2D eigenvalue weighted by atomic mass is 32.1. The zero-order valence-corrected chi connectivity index (χ0v) is 20.8. The second-order valence-electron chi connectivity index (χ2n) is 9.16. The molecular weight excluding hydrogens is 470 g/mol. The Bertz CT molecular complexity index is 1330. The van der Waals surface area contributed by atoms with E-state index in [1.165, 1.54) is 0 Å². The van der Waals surface area contributed by atoms with E-state index in [2.05, 4.69) is 16.3 Å². The van der Waals surface area contributed by atoms with Crippen molar-refractivity contribution in [2.75, 3.05) is 18.4 Å². The molecule has 7 nitrogen and oxygen atoms in total. The number of nitrogens with two attached hydrogens (primary N) is 1. The number of nitrogens with one attached hydrogen (secondary N) is 1. The van der Waals surface area contributed by atoms with Gasteiger partial charge in [0.05, 0.1) is 17.0 Å². The minimum Gasteiger partial charge on any atom is -0.369 e. The summed E-state index contributed by atoms with van der Waals surface area (Å²) in [4.78, 5) is 28.1. The lowest BCUT2D eigenvalue weighted by Crippen LogP contribution is -2.38. The standard InChI is InChI=1S/C28H29N5O2S/c29-27(34)22-11-13-32(14-12-22)17-21-8-4-9-23(16-21)30-28(35)24-19-33(18-20-6-2-1-3-7-20)31-26(24)25-10-5-15-36-25/h1-10,15-16,19,22H,11-14,17-18H2,(H2,29,34)(H,30,35). The van der Waals surface area contributed by atoms with Crippen molar-refractivity contribution in [2.45, 2.75) is 25.9 Å². The van der Waals surface area contributed by atoms with Crippen LogP contribution in [-0.4, -0.2) is 39.6 Å². The van der Waals surface area contributed by atoms with Crippen LogP contribution in [0.1, 0.15) is 34.3 Å². The number of hydrogen-bond donors (Lipinski definition) is 2. The molecule has 0 radical (unpaired) electrons. The van der Waals surface area contributed by atoms with Crippen LogP contribution in [0.15, 0.2) is 78.3 Å². The van der Waals surface area contributed by atoms with E-state index in [1.54, 1.807) is 11.3 Å². The lowest BCUT2D eigenvalue weighted by atomic mass is 9.96. The van der Waals surface area contributed by atoms with Gasteiger partial charge < -0.3 is 11.1 Å². The molecule has 5 rings (SSSR count). The first-order chi connectivity index (χ1) is 17.5. The van der Waals surface area contributed by atoms with Crippen LogP contribution in [0.3, 0.4) is 0 Å². The van der Waals surface area contributed by atoms with Crippen molar-refractivity contribution in [1.82, 2.24) is 14.7 Å². The summed E-state index contributed by atoms with van der Waals surface area (Å²) in [5, 5.41) is 9.81. The Balaban J connectivity index is 1.30. The minimum absolute atomic E-state index is 0.0211. The molecule has 4 aromatic rings. The van der Waals surface area contributed by atoms with Gasteiger partial charge in [-0.15, -0.1) is 11.3 Å². The molecule has 1 aliphatic heterocycles. The Morgan fingerprint density at radius 3 is 2.47 bits per heavy atom. The summed E-state index contributed by atoms with van der Waals surface area (Å²) in [5.41, 5.74) is 9.68. The van der Waals surface area contributed by atoms with E-state index in [0.29, 0.717) is 17.8 Å². The first kappa shape index (κ1) is 24.0. The van der Waals surface area contributed by atoms with Crippen LogP contribution in [0.2, 0.25) is 0 Å². The summed E-state index contributed by atoms with van der Waals surface area (Å²) in [6, 6.07) is 22.0. The van der Waals surface area contributed by atoms with Crippen molar-refractivity contribution in [1.29, 1.82) is 0 Å². The topological polar surface area (TPSA) is 93.3 Å². The van der Waals surface area contributed by atoms with Crippen LogP contribution in [0.5, 0.6) is 0 Å². The zero-order chi connectivity index (χ0) is 24.9. The molecule has 3 N–H and O–H groups in total. The second kappa shape index (κ2) is 10.9. The molecule has 0 spiro atoms. The smallest absolute Gasteiger partial charge is 0.259 e. The Labute approximate surface area is 214 Å². The van der Waals surface area contributed by atoms with Crippen molar-refractivity contribution in [3.63, 3.8) is 0 Å². The van der Waals surface area contributed by atoms with E-state index in [4.69, 9.17) is 10.8 Å². The third-order valence-electron chi connectivity index (χ3n) is 6.53. The Morgan fingerprint density at radius 1 is 0.972 bits per heavy atom. The predicted octanol–water partition coefficient (Wildman–Crippen LogP) is 4.61. The number of nitrogens with zero attached hydrogens (tertiary/aromatic N) is 3. The van der Waals surface area contributed by atoms with E-state index >= 15 is 0 Å². The van der Waals surface area contributed by atoms with E-state index in [-0.39, 0.29) is 17.7 Å².